The van der Waals surface area contributed by atoms with Gasteiger partial charge in [-0.05, 0) is 24.6 Å². The van der Waals surface area contributed by atoms with Gasteiger partial charge in [-0.1, -0.05) is 17.7 Å². The van der Waals surface area contributed by atoms with Gasteiger partial charge in [-0.3, -0.25) is 4.79 Å². The van der Waals surface area contributed by atoms with E-state index >= 15 is 0 Å². The molecule has 0 saturated carbocycles. The number of nitrogens with one attached hydrogen (secondary N) is 1. The first kappa shape index (κ1) is 13.7. The first-order valence-electron chi connectivity index (χ1n) is 5.99. The molecular formula is C13H15ClN2O3. The molecule has 1 aliphatic heterocycles. The Morgan fingerprint density at radius 1 is 1.47 bits per heavy atom. The Kier molecular flexibility index (Phi) is 3.95. The fraction of sp³-hybridized carbons (Fsp3) is 0.385. The van der Waals surface area contributed by atoms with E-state index in [1.54, 1.807) is 17.0 Å². The molecule has 6 heteroatoms. The maximum Gasteiger partial charge on any atom is 0.321 e. The molecule has 0 bridgehead atoms. The number of benzene rings is 1. The van der Waals surface area contributed by atoms with Crippen LogP contribution in [0.4, 0.5) is 10.5 Å². The van der Waals surface area contributed by atoms with Crippen molar-refractivity contribution in [1.82, 2.24) is 4.90 Å². The van der Waals surface area contributed by atoms with E-state index in [0.29, 0.717) is 23.8 Å². The van der Waals surface area contributed by atoms with Crippen LogP contribution in [0, 0.1) is 12.8 Å². The summed E-state index contributed by atoms with van der Waals surface area (Å²) in [7, 11) is 0. The molecule has 102 valence electrons. The molecule has 1 heterocycles. The molecule has 1 aliphatic rings. The van der Waals surface area contributed by atoms with Crippen LogP contribution in [-0.4, -0.2) is 35.1 Å². The van der Waals surface area contributed by atoms with Gasteiger partial charge in [-0.25, -0.2) is 4.79 Å². The van der Waals surface area contributed by atoms with Crippen LogP contribution in [-0.2, 0) is 4.79 Å². The molecule has 1 aromatic carbocycles. The number of halogens is 1. The molecule has 0 spiro atoms. The number of amides is 2. The van der Waals surface area contributed by atoms with Gasteiger partial charge < -0.3 is 15.3 Å². The quantitative estimate of drug-likeness (QED) is 0.895. The van der Waals surface area contributed by atoms with Crippen molar-refractivity contribution in [3.8, 4) is 0 Å². The van der Waals surface area contributed by atoms with Gasteiger partial charge in [0.2, 0.25) is 0 Å². The Morgan fingerprint density at radius 3 is 2.79 bits per heavy atom. The zero-order valence-electron chi connectivity index (χ0n) is 10.5. The number of carboxylic acids is 1. The van der Waals surface area contributed by atoms with Crippen molar-refractivity contribution in [1.29, 1.82) is 0 Å². The molecule has 0 atom stereocenters. The van der Waals surface area contributed by atoms with Gasteiger partial charge in [0.1, 0.15) is 0 Å². The number of carbonyl (C=O) groups is 2. The van der Waals surface area contributed by atoms with E-state index in [1.165, 1.54) is 0 Å². The lowest BCUT2D eigenvalue weighted by molar-refractivity contribution is -0.139. The molecule has 19 heavy (non-hydrogen) atoms. The van der Waals surface area contributed by atoms with E-state index in [2.05, 4.69) is 5.32 Å². The molecule has 2 amide bonds. The second-order valence-corrected chi connectivity index (χ2v) is 5.19. The number of carboxylic acid groups (broad SMARTS) is 1. The number of aliphatic carboxylic acids is 1. The molecular weight excluding hydrogens is 268 g/mol. The number of nitrogens with zero attached hydrogens (tertiary/aromatic N) is 1. The number of anilines is 1. The van der Waals surface area contributed by atoms with Crippen LogP contribution in [0.5, 0.6) is 0 Å². The highest BCUT2D eigenvalue weighted by Gasteiger charge is 2.32. The lowest BCUT2D eigenvalue weighted by Gasteiger charge is -2.38. The van der Waals surface area contributed by atoms with E-state index in [1.807, 2.05) is 13.0 Å². The normalized spacial score (nSPS) is 14.9. The summed E-state index contributed by atoms with van der Waals surface area (Å²) >= 11 is 5.88. The van der Waals surface area contributed by atoms with Crippen molar-refractivity contribution in [2.45, 2.75) is 13.3 Å². The number of hydrogen-bond donors (Lipinski definition) is 2. The summed E-state index contributed by atoms with van der Waals surface area (Å²) in [5.74, 6) is -0.764. The SMILES string of the molecule is Cc1ccc(Cl)cc1NC(=O)N1CC(CC(=O)O)C1. The standard InChI is InChI=1S/C13H15ClN2O3/c1-8-2-3-10(14)5-11(8)15-13(19)16-6-9(7-16)4-12(17)18/h2-3,5,9H,4,6-7H2,1H3,(H,15,19)(H,17,18). The van der Waals surface area contributed by atoms with Gasteiger partial charge in [0.15, 0.2) is 0 Å². The van der Waals surface area contributed by atoms with Gasteiger partial charge >= 0.3 is 12.0 Å². The largest absolute Gasteiger partial charge is 0.481 e. The zero-order valence-corrected chi connectivity index (χ0v) is 11.3. The predicted molar refractivity (Wildman–Crippen MR) is 72.5 cm³/mol. The van der Waals surface area contributed by atoms with Crippen LogP contribution in [0.15, 0.2) is 18.2 Å². The minimum Gasteiger partial charge on any atom is -0.481 e. The smallest absolute Gasteiger partial charge is 0.321 e. The monoisotopic (exact) mass is 282 g/mol. The van der Waals surface area contributed by atoms with Gasteiger partial charge in [0, 0.05) is 29.7 Å². The fourth-order valence-electron chi connectivity index (χ4n) is 2.03. The Labute approximate surface area is 116 Å². The number of aryl methyl sites for hydroxylation is 1. The van der Waals surface area contributed by atoms with Gasteiger partial charge in [0.25, 0.3) is 0 Å². The fourth-order valence-corrected chi connectivity index (χ4v) is 2.21. The third-order valence-corrected chi connectivity index (χ3v) is 3.38. The second-order valence-electron chi connectivity index (χ2n) is 4.76. The molecule has 1 saturated heterocycles. The van der Waals surface area contributed by atoms with Crippen LogP contribution >= 0.6 is 11.6 Å². The summed E-state index contributed by atoms with van der Waals surface area (Å²) in [6.07, 6.45) is 0.111. The Bertz CT molecular complexity index is 513. The zero-order chi connectivity index (χ0) is 14.0. The van der Waals surface area contributed by atoms with Crippen LogP contribution < -0.4 is 5.32 Å². The molecule has 2 N–H and O–H groups in total. The average molecular weight is 283 g/mol. The maximum atomic E-state index is 11.9. The van der Waals surface area contributed by atoms with Gasteiger partial charge in [-0.2, -0.15) is 0 Å². The summed E-state index contributed by atoms with van der Waals surface area (Å²) in [4.78, 5) is 24.0. The number of carbonyl (C=O) groups excluding carboxylic acids is 1. The highest BCUT2D eigenvalue weighted by atomic mass is 35.5. The van der Waals surface area contributed by atoms with E-state index < -0.39 is 5.97 Å². The Morgan fingerprint density at radius 2 is 2.16 bits per heavy atom. The van der Waals surface area contributed by atoms with Crippen molar-refractivity contribution in [2.24, 2.45) is 5.92 Å². The summed E-state index contributed by atoms with van der Waals surface area (Å²) in [6, 6.07) is 5.08. The van der Waals surface area contributed by atoms with Crippen molar-refractivity contribution in [3.05, 3.63) is 28.8 Å². The van der Waals surface area contributed by atoms with Gasteiger partial charge in [0.05, 0.1) is 6.42 Å². The van der Waals surface area contributed by atoms with Crippen molar-refractivity contribution < 1.29 is 14.7 Å². The van der Waals surface area contributed by atoms with E-state index in [4.69, 9.17) is 16.7 Å². The predicted octanol–water partition coefficient (Wildman–Crippen LogP) is 2.59. The third kappa shape index (κ3) is 3.38. The first-order chi connectivity index (χ1) is 8.95. The molecule has 1 fully saturated rings. The number of urea groups is 1. The number of rotatable bonds is 3. The van der Waals surface area contributed by atoms with E-state index in [0.717, 1.165) is 5.56 Å². The highest BCUT2D eigenvalue weighted by Crippen LogP contribution is 2.23. The third-order valence-electron chi connectivity index (χ3n) is 3.15. The van der Waals surface area contributed by atoms with Crippen molar-refractivity contribution in [2.75, 3.05) is 18.4 Å². The number of hydrogen-bond acceptors (Lipinski definition) is 2. The minimum absolute atomic E-state index is 0.0590. The minimum atomic E-state index is -0.823. The first-order valence-corrected chi connectivity index (χ1v) is 6.37. The van der Waals surface area contributed by atoms with Crippen LogP contribution in [0.3, 0.4) is 0 Å². The maximum absolute atomic E-state index is 11.9. The van der Waals surface area contributed by atoms with Crippen LogP contribution in [0.1, 0.15) is 12.0 Å². The van der Waals surface area contributed by atoms with E-state index in [9.17, 15) is 9.59 Å². The molecule has 5 nitrogen and oxygen atoms in total. The topological polar surface area (TPSA) is 69.6 Å². The van der Waals surface area contributed by atoms with Crippen molar-refractivity contribution in [3.63, 3.8) is 0 Å². The molecule has 2 rings (SSSR count). The summed E-state index contributed by atoms with van der Waals surface area (Å²) in [6.45, 7) is 2.85. The summed E-state index contributed by atoms with van der Waals surface area (Å²) in [5, 5.41) is 12.0. The second kappa shape index (κ2) is 5.48. The molecule has 0 aliphatic carbocycles. The van der Waals surface area contributed by atoms with Crippen LogP contribution in [0.25, 0.3) is 0 Å². The molecule has 1 aromatic rings. The van der Waals surface area contributed by atoms with Crippen molar-refractivity contribution >= 4 is 29.3 Å². The van der Waals surface area contributed by atoms with Gasteiger partial charge in [-0.15, -0.1) is 0 Å². The average Bonchev–Trinajstić information content (AvgIpc) is 2.27. The molecule has 0 radical (unpaired) electrons. The lowest BCUT2D eigenvalue weighted by Crippen LogP contribution is -2.52. The lowest BCUT2D eigenvalue weighted by atomic mass is 9.97. The highest BCUT2D eigenvalue weighted by molar-refractivity contribution is 6.31. The summed E-state index contributed by atoms with van der Waals surface area (Å²) in [5.41, 5.74) is 1.61. The Hall–Kier alpha value is -1.75. The molecule has 0 unspecified atom stereocenters. The van der Waals surface area contributed by atoms with E-state index in [-0.39, 0.29) is 18.4 Å². The Balaban J connectivity index is 1.89. The summed E-state index contributed by atoms with van der Waals surface area (Å²) < 4.78 is 0. The molecule has 0 aromatic heterocycles. The van der Waals surface area contributed by atoms with Crippen LogP contribution in [0.2, 0.25) is 5.02 Å². The number of likely N-dealkylation sites (tertiary alicyclic amines) is 1.